The Hall–Kier alpha value is -4.20. The van der Waals surface area contributed by atoms with Gasteiger partial charge in [0.2, 0.25) is 17.7 Å². The number of aliphatic carboxylic acids is 3. The minimum Gasteiger partial charge on any atom is -0.508 e. The van der Waals surface area contributed by atoms with Gasteiger partial charge in [-0.25, -0.2) is 4.79 Å². The molecule has 0 aromatic heterocycles. The molecule has 0 fully saturated rings. The average Bonchev–Trinajstić information content (AvgIpc) is 2.71. The van der Waals surface area contributed by atoms with Crippen LogP contribution in [0.25, 0.3) is 0 Å². The van der Waals surface area contributed by atoms with Crippen LogP contribution < -0.4 is 21.7 Å². The number of nitrogens with one attached hydrogen (secondary N) is 3. The van der Waals surface area contributed by atoms with Gasteiger partial charge in [0.25, 0.3) is 0 Å². The smallest absolute Gasteiger partial charge is 0.326 e. The van der Waals surface area contributed by atoms with Crippen molar-refractivity contribution < 1.29 is 49.2 Å². The first-order valence-electron chi connectivity index (χ1n) is 9.46. The lowest BCUT2D eigenvalue weighted by Crippen LogP contribution is -2.54. The molecule has 0 aliphatic rings. The van der Waals surface area contributed by atoms with Crippen molar-refractivity contribution in [2.24, 2.45) is 5.73 Å². The van der Waals surface area contributed by atoms with Gasteiger partial charge >= 0.3 is 17.9 Å². The van der Waals surface area contributed by atoms with Crippen LogP contribution in [0.1, 0.15) is 18.4 Å². The molecule has 0 saturated heterocycles. The first kappa shape index (κ1) is 26.8. The molecule has 33 heavy (non-hydrogen) atoms. The summed E-state index contributed by atoms with van der Waals surface area (Å²) in [5.74, 6) is -7.43. The predicted molar refractivity (Wildman–Crippen MR) is 109 cm³/mol. The summed E-state index contributed by atoms with van der Waals surface area (Å²) in [5.41, 5.74) is 6.39. The summed E-state index contributed by atoms with van der Waals surface area (Å²) in [6.45, 7) is -0.798. The standard InChI is InChI=1S/C19H24N4O10/c20-11(5-9-1-3-10(24)4-2-9)17(30)23-12(6-15(26)27)18(31)21-8-14(25)22-13(19(32)33)7-16(28)29/h1-4,11-13,24H,5-8,20H2,(H,21,31)(H,22,25)(H,23,30)(H,26,27)(H,28,29)(H,32,33). The van der Waals surface area contributed by atoms with Crippen LogP contribution in [0.15, 0.2) is 24.3 Å². The lowest BCUT2D eigenvalue weighted by Gasteiger charge is -2.20. The zero-order valence-electron chi connectivity index (χ0n) is 17.2. The Morgan fingerprint density at radius 1 is 0.818 bits per heavy atom. The Kier molecular flexibility index (Phi) is 10.3. The number of carbonyl (C=O) groups is 6. The SMILES string of the molecule is NC(Cc1ccc(O)cc1)C(=O)NC(CC(=O)O)C(=O)NCC(=O)NC(CC(=O)O)C(=O)O. The van der Waals surface area contributed by atoms with Gasteiger partial charge in [0.1, 0.15) is 17.8 Å². The van der Waals surface area contributed by atoms with E-state index in [1.807, 2.05) is 10.6 Å². The fourth-order valence-corrected chi connectivity index (χ4v) is 2.55. The number of aromatic hydroxyl groups is 1. The van der Waals surface area contributed by atoms with E-state index < -0.39 is 73.1 Å². The van der Waals surface area contributed by atoms with Gasteiger partial charge in [-0.15, -0.1) is 0 Å². The number of phenols is 1. The first-order valence-corrected chi connectivity index (χ1v) is 9.46. The van der Waals surface area contributed by atoms with E-state index in [0.717, 1.165) is 0 Å². The maximum atomic E-state index is 12.3. The summed E-state index contributed by atoms with van der Waals surface area (Å²) >= 11 is 0. The fraction of sp³-hybridized carbons (Fsp3) is 0.368. The molecule has 0 radical (unpaired) electrons. The second-order valence-corrected chi connectivity index (χ2v) is 6.91. The Balaban J connectivity index is 2.69. The maximum Gasteiger partial charge on any atom is 0.326 e. The van der Waals surface area contributed by atoms with Gasteiger partial charge in [0.05, 0.1) is 25.4 Å². The third-order valence-electron chi connectivity index (χ3n) is 4.18. The Bertz CT molecular complexity index is 902. The van der Waals surface area contributed by atoms with E-state index in [2.05, 4.69) is 5.32 Å². The molecule has 0 spiro atoms. The molecule has 1 aromatic carbocycles. The van der Waals surface area contributed by atoms with E-state index in [0.29, 0.717) is 5.56 Å². The zero-order valence-corrected chi connectivity index (χ0v) is 17.2. The molecule has 180 valence electrons. The van der Waals surface area contributed by atoms with Crippen molar-refractivity contribution in [2.45, 2.75) is 37.4 Å². The summed E-state index contributed by atoms with van der Waals surface area (Å²) in [6.07, 6.45) is -1.70. The molecular weight excluding hydrogens is 444 g/mol. The molecular formula is C19H24N4O10. The molecule has 3 atom stereocenters. The van der Waals surface area contributed by atoms with Crippen LogP contribution in [0, 0.1) is 0 Å². The van der Waals surface area contributed by atoms with Crippen molar-refractivity contribution in [2.75, 3.05) is 6.54 Å². The van der Waals surface area contributed by atoms with Crippen molar-refractivity contribution >= 4 is 35.6 Å². The van der Waals surface area contributed by atoms with Crippen LogP contribution in [0.3, 0.4) is 0 Å². The fourth-order valence-electron chi connectivity index (χ4n) is 2.55. The monoisotopic (exact) mass is 468 g/mol. The van der Waals surface area contributed by atoms with Crippen LogP contribution >= 0.6 is 0 Å². The number of phenolic OH excluding ortho intramolecular Hbond substituents is 1. The molecule has 0 saturated carbocycles. The highest BCUT2D eigenvalue weighted by molar-refractivity contribution is 5.94. The van der Waals surface area contributed by atoms with E-state index >= 15 is 0 Å². The van der Waals surface area contributed by atoms with Crippen LogP contribution in [-0.2, 0) is 35.2 Å². The third kappa shape index (κ3) is 10.1. The highest BCUT2D eigenvalue weighted by atomic mass is 16.4. The van der Waals surface area contributed by atoms with Crippen molar-refractivity contribution in [3.63, 3.8) is 0 Å². The van der Waals surface area contributed by atoms with Crippen LogP contribution in [-0.4, -0.2) is 80.7 Å². The summed E-state index contributed by atoms with van der Waals surface area (Å²) in [7, 11) is 0. The minimum absolute atomic E-state index is 0.0108. The van der Waals surface area contributed by atoms with Crippen molar-refractivity contribution in [1.82, 2.24) is 16.0 Å². The molecule has 1 rings (SSSR count). The lowest BCUT2D eigenvalue weighted by atomic mass is 10.0. The van der Waals surface area contributed by atoms with Gasteiger partial charge < -0.3 is 42.1 Å². The Morgan fingerprint density at radius 2 is 1.36 bits per heavy atom. The molecule has 0 aliphatic heterocycles. The molecule has 0 bridgehead atoms. The first-order chi connectivity index (χ1) is 15.4. The van der Waals surface area contributed by atoms with E-state index in [4.69, 9.17) is 21.1 Å². The van der Waals surface area contributed by atoms with E-state index in [9.17, 15) is 33.9 Å². The van der Waals surface area contributed by atoms with Gasteiger partial charge in [-0.1, -0.05) is 12.1 Å². The second-order valence-electron chi connectivity index (χ2n) is 6.91. The number of carboxylic acid groups (broad SMARTS) is 3. The topological polar surface area (TPSA) is 245 Å². The number of nitrogens with two attached hydrogens (primary N) is 1. The van der Waals surface area contributed by atoms with Gasteiger partial charge in [-0.3, -0.25) is 24.0 Å². The van der Waals surface area contributed by atoms with Gasteiger partial charge in [-0.05, 0) is 24.1 Å². The van der Waals surface area contributed by atoms with Crippen LogP contribution in [0.2, 0.25) is 0 Å². The van der Waals surface area contributed by atoms with E-state index in [1.165, 1.54) is 24.3 Å². The molecule has 0 aliphatic carbocycles. The predicted octanol–water partition coefficient (Wildman–Crippen LogP) is -2.62. The van der Waals surface area contributed by atoms with Crippen molar-refractivity contribution in [3.8, 4) is 5.75 Å². The maximum absolute atomic E-state index is 12.3. The summed E-state index contributed by atoms with van der Waals surface area (Å²) < 4.78 is 0. The molecule has 1 aromatic rings. The number of hydrogen-bond donors (Lipinski definition) is 8. The number of rotatable bonds is 13. The number of hydrogen-bond acceptors (Lipinski definition) is 8. The molecule has 14 nitrogen and oxygen atoms in total. The zero-order chi connectivity index (χ0) is 25.1. The summed E-state index contributed by atoms with van der Waals surface area (Å²) in [4.78, 5) is 69.1. The lowest BCUT2D eigenvalue weighted by molar-refractivity contribution is -0.147. The largest absolute Gasteiger partial charge is 0.508 e. The quantitative estimate of drug-likeness (QED) is 0.149. The number of carbonyl (C=O) groups excluding carboxylic acids is 3. The summed E-state index contributed by atoms with van der Waals surface area (Å²) in [6, 6.07) is 1.33. The van der Waals surface area contributed by atoms with Gasteiger partial charge in [0, 0.05) is 0 Å². The molecule has 9 N–H and O–H groups in total. The third-order valence-corrected chi connectivity index (χ3v) is 4.18. The Labute approximate surface area is 186 Å². The van der Waals surface area contributed by atoms with Crippen molar-refractivity contribution in [3.05, 3.63) is 29.8 Å². The average molecular weight is 468 g/mol. The van der Waals surface area contributed by atoms with Gasteiger partial charge in [-0.2, -0.15) is 0 Å². The van der Waals surface area contributed by atoms with Crippen LogP contribution in [0.4, 0.5) is 0 Å². The normalized spacial score (nSPS) is 13.1. The minimum atomic E-state index is -1.74. The van der Waals surface area contributed by atoms with Crippen molar-refractivity contribution in [1.29, 1.82) is 0 Å². The second kappa shape index (κ2) is 12.6. The van der Waals surface area contributed by atoms with E-state index in [1.54, 1.807) is 0 Å². The highest BCUT2D eigenvalue weighted by Gasteiger charge is 2.27. The van der Waals surface area contributed by atoms with E-state index in [-0.39, 0.29) is 12.2 Å². The number of carboxylic acids is 3. The van der Waals surface area contributed by atoms with Gasteiger partial charge in [0.15, 0.2) is 0 Å². The highest BCUT2D eigenvalue weighted by Crippen LogP contribution is 2.11. The number of amides is 3. The summed E-state index contributed by atoms with van der Waals surface area (Å²) in [5, 5.41) is 42.0. The molecule has 3 amide bonds. The van der Waals surface area contributed by atoms with Crippen LogP contribution in [0.5, 0.6) is 5.75 Å². The number of benzene rings is 1. The molecule has 0 heterocycles. The Morgan fingerprint density at radius 3 is 1.88 bits per heavy atom. The molecule has 14 heteroatoms. The molecule has 3 unspecified atom stereocenters.